The maximum Gasteiger partial charge on any atom is 0.254 e. The fourth-order valence-corrected chi connectivity index (χ4v) is 6.21. The Bertz CT molecular complexity index is 1170. The molecular weight excluding hydrogens is 520 g/mol. The number of carbonyl (C=O) groups excluding carboxylic acids is 3. The molecule has 0 radical (unpaired) electrons. The number of amides is 3. The van der Waals surface area contributed by atoms with Gasteiger partial charge in [0.1, 0.15) is 12.1 Å². The zero-order valence-corrected chi connectivity index (χ0v) is 24.2. The van der Waals surface area contributed by atoms with Crippen LogP contribution in [0.15, 0.2) is 35.3 Å². The van der Waals surface area contributed by atoms with Gasteiger partial charge in [0.05, 0.1) is 6.26 Å². The number of hydrogen-bond donors (Lipinski definition) is 2. The minimum Gasteiger partial charge on any atom is -0.369 e. The van der Waals surface area contributed by atoms with E-state index in [9.17, 15) is 22.8 Å². The highest BCUT2D eigenvalue weighted by Gasteiger charge is 2.41. The van der Waals surface area contributed by atoms with Crippen molar-refractivity contribution in [3.63, 3.8) is 0 Å². The third-order valence-electron chi connectivity index (χ3n) is 7.43. The van der Waals surface area contributed by atoms with E-state index in [0.29, 0.717) is 45.3 Å². The molecule has 0 aromatic heterocycles. The summed E-state index contributed by atoms with van der Waals surface area (Å²) >= 11 is 0. The largest absolute Gasteiger partial charge is 0.369 e. The molecule has 2 aliphatic rings. The van der Waals surface area contributed by atoms with E-state index in [1.165, 1.54) is 9.21 Å². The Labute approximate surface area is 231 Å². The van der Waals surface area contributed by atoms with E-state index >= 15 is 0 Å². The topological polar surface area (TPSA) is 159 Å². The molecule has 0 bridgehead atoms. The molecular formula is C27H42N6O5S. The van der Waals surface area contributed by atoms with Crippen molar-refractivity contribution in [3.05, 3.63) is 35.9 Å². The van der Waals surface area contributed by atoms with E-state index in [4.69, 9.17) is 11.5 Å². The molecule has 2 aliphatic heterocycles. The van der Waals surface area contributed by atoms with Crippen LogP contribution in [-0.2, 0) is 30.8 Å². The first kappa shape index (κ1) is 30.6. The molecule has 0 aliphatic carbocycles. The average Bonchev–Trinajstić information content (AvgIpc) is 3.36. The lowest BCUT2D eigenvalue weighted by atomic mass is 9.95. The van der Waals surface area contributed by atoms with Crippen LogP contribution in [0.2, 0.25) is 0 Å². The van der Waals surface area contributed by atoms with Crippen molar-refractivity contribution < 1.29 is 22.8 Å². The molecule has 2 heterocycles. The molecule has 2 atom stereocenters. The number of hydrogen-bond acceptors (Lipinski definition) is 5. The molecule has 0 saturated carbocycles. The van der Waals surface area contributed by atoms with Crippen LogP contribution < -0.4 is 11.5 Å². The van der Waals surface area contributed by atoms with E-state index in [1.54, 1.807) is 20.8 Å². The van der Waals surface area contributed by atoms with Crippen LogP contribution >= 0.6 is 0 Å². The predicted octanol–water partition coefficient (Wildman–Crippen LogP) is 0.935. The number of carbonyl (C=O) groups is 3. The maximum atomic E-state index is 13.9. The summed E-state index contributed by atoms with van der Waals surface area (Å²) in [6.45, 7) is 6.88. The molecule has 4 N–H and O–H groups in total. The normalized spacial score (nSPS) is 20.3. The van der Waals surface area contributed by atoms with Gasteiger partial charge in [-0.05, 0) is 43.6 Å². The zero-order valence-electron chi connectivity index (χ0n) is 23.4. The molecule has 1 aromatic carbocycles. The maximum absolute atomic E-state index is 13.9. The average molecular weight is 563 g/mol. The van der Waals surface area contributed by atoms with E-state index in [2.05, 4.69) is 4.99 Å². The second-order valence-corrected chi connectivity index (χ2v) is 13.5. The Morgan fingerprint density at radius 2 is 1.67 bits per heavy atom. The van der Waals surface area contributed by atoms with Crippen LogP contribution in [-0.4, -0.2) is 90.7 Å². The number of primary amides is 1. The fraction of sp³-hybridized carbons (Fsp3) is 0.630. The quantitative estimate of drug-likeness (QED) is 0.352. The monoisotopic (exact) mass is 562 g/mol. The number of aliphatic imine (C=N–C) groups is 1. The van der Waals surface area contributed by atoms with Crippen molar-refractivity contribution in [2.45, 2.75) is 65.0 Å². The number of nitrogens with two attached hydrogens (primary N) is 2. The molecule has 1 aromatic rings. The predicted molar refractivity (Wildman–Crippen MR) is 150 cm³/mol. The molecule has 39 heavy (non-hydrogen) atoms. The van der Waals surface area contributed by atoms with Crippen molar-refractivity contribution in [1.29, 1.82) is 0 Å². The lowest BCUT2D eigenvalue weighted by Crippen LogP contribution is -2.56. The van der Waals surface area contributed by atoms with Gasteiger partial charge in [0.15, 0.2) is 5.96 Å². The van der Waals surface area contributed by atoms with Gasteiger partial charge in [-0.1, -0.05) is 51.1 Å². The van der Waals surface area contributed by atoms with Crippen LogP contribution in [0.3, 0.4) is 0 Å². The van der Waals surface area contributed by atoms with Crippen molar-refractivity contribution >= 4 is 33.7 Å². The first-order chi connectivity index (χ1) is 18.2. The van der Waals surface area contributed by atoms with Gasteiger partial charge < -0.3 is 21.3 Å². The first-order valence-corrected chi connectivity index (χ1v) is 15.3. The standard InChI is InChI=1S/C27H42N6O5S/c1-27(2,3)25(36)30-26(29)31-15-12-20(13-16-31)18-33(39(4,37)38)22(17-19-9-6-5-7-10-19)24(35)32-14-8-11-21(32)23(28)34/h5-7,9-10,20-22H,8,11-18H2,1-4H3,(H2,28,34)(H2,29,30,36)/t21-,22+/m0/s1. The number of likely N-dealkylation sites (tertiary alicyclic amines) is 2. The number of sulfonamides is 1. The van der Waals surface area contributed by atoms with Gasteiger partial charge in [-0.15, -0.1) is 0 Å². The van der Waals surface area contributed by atoms with Gasteiger partial charge in [-0.2, -0.15) is 9.30 Å². The smallest absolute Gasteiger partial charge is 0.254 e. The second kappa shape index (κ2) is 12.5. The summed E-state index contributed by atoms with van der Waals surface area (Å²) in [4.78, 5) is 45.5. The summed E-state index contributed by atoms with van der Waals surface area (Å²) in [5.74, 6) is -1.15. The Morgan fingerprint density at radius 1 is 1.05 bits per heavy atom. The summed E-state index contributed by atoms with van der Waals surface area (Å²) in [5.41, 5.74) is 11.9. The van der Waals surface area contributed by atoms with Crippen LogP contribution in [0, 0.1) is 11.3 Å². The lowest BCUT2D eigenvalue weighted by molar-refractivity contribution is -0.140. The summed E-state index contributed by atoms with van der Waals surface area (Å²) in [6, 6.07) is 7.52. The van der Waals surface area contributed by atoms with Crippen molar-refractivity contribution in [1.82, 2.24) is 14.1 Å². The Kier molecular flexibility index (Phi) is 9.76. The number of rotatable bonds is 8. The van der Waals surface area contributed by atoms with Gasteiger partial charge in [0, 0.05) is 31.6 Å². The van der Waals surface area contributed by atoms with E-state index in [0.717, 1.165) is 11.8 Å². The minimum atomic E-state index is -3.80. The SMILES string of the molecule is CC(C)(C)C(=O)N=C(N)N1CCC(CN([C@H](Cc2ccccc2)C(=O)N2CCC[C@H]2C(N)=O)S(C)(=O)=O)CC1. The molecule has 0 unspecified atom stereocenters. The van der Waals surface area contributed by atoms with Crippen LogP contribution in [0.25, 0.3) is 0 Å². The molecule has 216 valence electrons. The van der Waals surface area contributed by atoms with Gasteiger partial charge in [0.2, 0.25) is 21.8 Å². The van der Waals surface area contributed by atoms with Gasteiger partial charge in [-0.25, -0.2) is 8.42 Å². The van der Waals surface area contributed by atoms with Crippen LogP contribution in [0.5, 0.6) is 0 Å². The molecule has 11 nitrogen and oxygen atoms in total. The third-order valence-corrected chi connectivity index (χ3v) is 8.68. The third kappa shape index (κ3) is 8.01. The second-order valence-electron chi connectivity index (χ2n) is 11.6. The zero-order chi connectivity index (χ0) is 29.0. The first-order valence-electron chi connectivity index (χ1n) is 13.4. The molecule has 12 heteroatoms. The highest BCUT2D eigenvalue weighted by molar-refractivity contribution is 7.88. The highest BCUT2D eigenvalue weighted by atomic mass is 32.2. The lowest BCUT2D eigenvalue weighted by Gasteiger charge is -2.38. The Hall–Kier alpha value is -2.99. The minimum absolute atomic E-state index is 0.0290. The highest BCUT2D eigenvalue weighted by Crippen LogP contribution is 2.26. The molecule has 0 spiro atoms. The van der Waals surface area contributed by atoms with Gasteiger partial charge >= 0.3 is 0 Å². The van der Waals surface area contributed by atoms with Crippen LogP contribution in [0.4, 0.5) is 0 Å². The number of nitrogens with zero attached hydrogens (tertiary/aromatic N) is 4. The fourth-order valence-electron chi connectivity index (χ4n) is 5.10. The van der Waals surface area contributed by atoms with Crippen LogP contribution in [0.1, 0.15) is 52.0 Å². The van der Waals surface area contributed by atoms with E-state index in [-0.39, 0.29) is 30.8 Å². The summed E-state index contributed by atoms with van der Waals surface area (Å²) in [5, 5.41) is 0. The van der Waals surface area contributed by atoms with Gasteiger partial charge in [-0.3, -0.25) is 14.4 Å². The van der Waals surface area contributed by atoms with E-state index < -0.39 is 39.3 Å². The Balaban J connectivity index is 1.81. The number of piperidine rings is 1. The van der Waals surface area contributed by atoms with Crippen molar-refractivity contribution in [2.24, 2.45) is 27.8 Å². The van der Waals surface area contributed by atoms with E-state index in [1.807, 2.05) is 35.2 Å². The molecule has 3 rings (SSSR count). The summed E-state index contributed by atoms with van der Waals surface area (Å²) in [7, 11) is -3.80. The summed E-state index contributed by atoms with van der Waals surface area (Å²) in [6.07, 6.45) is 3.64. The Morgan fingerprint density at radius 3 is 2.21 bits per heavy atom. The molecule has 2 fully saturated rings. The van der Waals surface area contributed by atoms with Crippen molar-refractivity contribution in [2.75, 3.05) is 32.4 Å². The summed E-state index contributed by atoms with van der Waals surface area (Å²) < 4.78 is 27.6. The molecule has 2 saturated heterocycles. The molecule has 3 amide bonds. The van der Waals surface area contributed by atoms with Crippen molar-refractivity contribution in [3.8, 4) is 0 Å². The van der Waals surface area contributed by atoms with Gasteiger partial charge in [0.25, 0.3) is 5.91 Å². The number of benzene rings is 1. The number of guanidine groups is 1.